The van der Waals surface area contributed by atoms with Gasteiger partial charge in [-0.25, -0.2) is 4.98 Å². The second-order valence-electron chi connectivity index (χ2n) is 8.96. The fourth-order valence-electron chi connectivity index (χ4n) is 4.28. The molecule has 0 saturated heterocycles. The van der Waals surface area contributed by atoms with E-state index in [1.807, 2.05) is 72.8 Å². The Kier molecular flexibility index (Phi) is 6.12. The molecule has 34 heavy (non-hydrogen) atoms. The summed E-state index contributed by atoms with van der Waals surface area (Å²) < 4.78 is 2.24. The minimum atomic E-state index is -0.170. The van der Waals surface area contributed by atoms with Crippen molar-refractivity contribution >= 4 is 28.3 Å². The molecule has 2 heterocycles. The summed E-state index contributed by atoms with van der Waals surface area (Å²) in [5.41, 5.74) is 4.99. The summed E-state index contributed by atoms with van der Waals surface area (Å²) >= 11 is 0. The first-order valence-corrected chi connectivity index (χ1v) is 11.7. The van der Waals surface area contributed by atoms with E-state index in [9.17, 15) is 4.79 Å². The van der Waals surface area contributed by atoms with Crippen molar-refractivity contribution in [3.05, 3.63) is 95.8 Å². The van der Waals surface area contributed by atoms with Gasteiger partial charge in [0.25, 0.3) is 5.91 Å². The van der Waals surface area contributed by atoms with Gasteiger partial charge in [-0.1, -0.05) is 79.7 Å². The van der Waals surface area contributed by atoms with Gasteiger partial charge in [-0.3, -0.25) is 9.69 Å². The zero-order valence-electron chi connectivity index (χ0n) is 19.5. The third-order valence-electron chi connectivity index (χ3n) is 6.09. The van der Waals surface area contributed by atoms with Crippen molar-refractivity contribution in [3.63, 3.8) is 0 Å². The Hall–Kier alpha value is -3.93. The predicted octanol–water partition coefficient (Wildman–Crippen LogP) is 5.55. The first-order valence-electron chi connectivity index (χ1n) is 11.7. The van der Waals surface area contributed by atoms with E-state index in [4.69, 9.17) is 9.82 Å². The molecule has 1 aliphatic rings. The Labute approximate surface area is 199 Å². The van der Waals surface area contributed by atoms with Crippen molar-refractivity contribution in [2.45, 2.75) is 40.0 Å². The molecular weight excluding hydrogens is 424 g/mol. The van der Waals surface area contributed by atoms with Crippen LogP contribution in [0, 0.1) is 5.92 Å². The number of aromatic nitrogens is 2. The Bertz CT molecular complexity index is 1340. The van der Waals surface area contributed by atoms with Crippen LogP contribution < -0.4 is 4.90 Å². The lowest BCUT2D eigenvalue weighted by atomic mass is 10.1. The molecule has 172 valence electrons. The number of benzene rings is 3. The SMILES string of the molecule is CC(C)CCn1c(CN2C(=O)/C(=N/OCc3ccccc3)c3ccccc32)nc2ccccc21. The third-order valence-corrected chi connectivity index (χ3v) is 6.09. The molecule has 0 saturated carbocycles. The number of carbonyl (C=O) groups excluding carboxylic acids is 1. The summed E-state index contributed by atoms with van der Waals surface area (Å²) in [6.45, 7) is 5.98. The molecule has 1 amide bonds. The van der Waals surface area contributed by atoms with Gasteiger partial charge >= 0.3 is 0 Å². The molecule has 0 spiro atoms. The summed E-state index contributed by atoms with van der Waals surface area (Å²) in [4.78, 5) is 25.7. The smallest absolute Gasteiger partial charge is 0.281 e. The zero-order valence-corrected chi connectivity index (χ0v) is 19.5. The van der Waals surface area contributed by atoms with Gasteiger partial charge in [0.2, 0.25) is 0 Å². The lowest BCUT2D eigenvalue weighted by Gasteiger charge is -2.18. The number of amides is 1. The zero-order chi connectivity index (χ0) is 23.5. The number of oxime groups is 1. The minimum Gasteiger partial charge on any atom is -0.390 e. The van der Waals surface area contributed by atoms with E-state index in [1.165, 1.54) is 0 Å². The molecule has 0 unspecified atom stereocenters. The van der Waals surface area contributed by atoms with Crippen molar-refractivity contribution in [1.29, 1.82) is 0 Å². The van der Waals surface area contributed by atoms with Gasteiger partial charge < -0.3 is 9.40 Å². The molecule has 0 atom stereocenters. The van der Waals surface area contributed by atoms with Gasteiger partial charge in [0, 0.05) is 12.1 Å². The number of nitrogens with zero attached hydrogens (tertiary/aromatic N) is 4. The van der Waals surface area contributed by atoms with E-state index in [0.717, 1.165) is 46.6 Å². The van der Waals surface area contributed by atoms with Crippen LogP contribution >= 0.6 is 0 Å². The molecule has 0 aliphatic carbocycles. The van der Waals surface area contributed by atoms with Crippen LogP contribution in [0.4, 0.5) is 5.69 Å². The molecule has 6 nitrogen and oxygen atoms in total. The maximum atomic E-state index is 13.5. The lowest BCUT2D eigenvalue weighted by Crippen LogP contribution is -2.31. The highest BCUT2D eigenvalue weighted by Crippen LogP contribution is 2.31. The molecule has 4 aromatic rings. The molecule has 3 aromatic carbocycles. The highest BCUT2D eigenvalue weighted by molar-refractivity contribution is 6.54. The monoisotopic (exact) mass is 452 g/mol. The van der Waals surface area contributed by atoms with E-state index < -0.39 is 0 Å². The lowest BCUT2D eigenvalue weighted by molar-refractivity contribution is -0.112. The van der Waals surface area contributed by atoms with Gasteiger partial charge in [-0.2, -0.15) is 0 Å². The number of anilines is 1. The van der Waals surface area contributed by atoms with Crippen molar-refractivity contribution in [3.8, 4) is 0 Å². The molecule has 0 radical (unpaired) electrons. The van der Waals surface area contributed by atoms with Gasteiger partial charge in [0.05, 0.1) is 23.3 Å². The number of hydrogen-bond donors (Lipinski definition) is 0. The fraction of sp³-hybridized carbons (Fsp3) is 0.250. The summed E-state index contributed by atoms with van der Waals surface area (Å²) in [5.74, 6) is 1.27. The molecule has 1 aliphatic heterocycles. The first kappa shape index (κ1) is 21.9. The topological polar surface area (TPSA) is 59.7 Å². The van der Waals surface area contributed by atoms with E-state index in [2.05, 4.69) is 29.6 Å². The molecule has 0 fully saturated rings. The number of imidazole rings is 1. The second kappa shape index (κ2) is 9.51. The Morgan fingerprint density at radius 1 is 0.941 bits per heavy atom. The maximum Gasteiger partial charge on any atom is 0.281 e. The standard InChI is InChI=1S/C28H28N4O2/c1-20(2)16-17-31-25-15-9-7-13-23(25)29-26(31)18-32-24-14-8-6-12-22(24)27(28(32)33)30-34-19-21-10-4-3-5-11-21/h3-15,20H,16-19H2,1-2H3/b30-27+. The summed E-state index contributed by atoms with van der Waals surface area (Å²) in [6.07, 6.45) is 1.04. The Morgan fingerprint density at radius 2 is 1.68 bits per heavy atom. The van der Waals surface area contributed by atoms with Crippen LogP contribution in [0.1, 0.15) is 37.2 Å². The number of fused-ring (bicyclic) bond motifs is 2. The number of rotatable bonds is 8. The second-order valence-corrected chi connectivity index (χ2v) is 8.96. The van der Waals surface area contributed by atoms with E-state index in [1.54, 1.807) is 4.90 Å². The number of hydrogen-bond acceptors (Lipinski definition) is 4. The Balaban J connectivity index is 1.44. The summed E-state index contributed by atoms with van der Waals surface area (Å²) in [7, 11) is 0. The predicted molar refractivity (Wildman–Crippen MR) is 135 cm³/mol. The van der Waals surface area contributed by atoms with Crippen molar-refractivity contribution in [2.75, 3.05) is 4.90 Å². The molecule has 0 N–H and O–H groups in total. The highest BCUT2D eigenvalue weighted by atomic mass is 16.6. The maximum absolute atomic E-state index is 13.5. The van der Waals surface area contributed by atoms with E-state index in [0.29, 0.717) is 24.8 Å². The summed E-state index contributed by atoms with van der Waals surface area (Å²) in [6, 6.07) is 25.7. The van der Waals surface area contributed by atoms with Gasteiger partial charge in [-0.15, -0.1) is 0 Å². The third kappa shape index (κ3) is 4.31. The van der Waals surface area contributed by atoms with Crippen molar-refractivity contribution in [2.24, 2.45) is 11.1 Å². The van der Waals surface area contributed by atoms with Crippen LogP contribution in [0.25, 0.3) is 11.0 Å². The van der Waals surface area contributed by atoms with Crippen LogP contribution in [0.15, 0.2) is 84.0 Å². The first-order chi connectivity index (χ1) is 16.6. The number of aryl methyl sites for hydroxylation is 1. The van der Waals surface area contributed by atoms with E-state index >= 15 is 0 Å². The largest absolute Gasteiger partial charge is 0.390 e. The molecule has 6 heteroatoms. The van der Waals surface area contributed by atoms with Crippen LogP contribution in [-0.4, -0.2) is 21.2 Å². The van der Waals surface area contributed by atoms with Crippen LogP contribution in [0.2, 0.25) is 0 Å². The highest BCUT2D eigenvalue weighted by Gasteiger charge is 2.35. The van der Waals surface area contributed by atoms with Crippen LogP contribution in [0.5, 0.6) is 0 Å². The normalized spacial score (nSPS) is 14.4. The van der Waals surface area contributed by atoms with Gasteiger partial charge in [0.1, 0.15) is 12.4 Å². The average molecular weight is 453 g/mol. The quantitative estimate of drug-likeness (QED) is 0.329. The Morgan fingerprint density at radius 3 is 2.50 bits per heavy atom. The van der Waals surface area contributed by atoms with Crippen molar-refractivity contribution < 1.29 is 9.63 Å². The number of carbonyl (C=O) groups is 1. The molecule has 1 aromatic heterocycles. The van der Waals surface area contributed by atoms with Crippen LogP contribution in [-0.2, 0) is 29.3 Å². The van der Waals surface area contributed by atoms with Crippen LogP contribution in [0.3, 0.4) is 0 Å². The van der Waals surface area contributed by atoms with Gasteiger partial charge in [0.15, 0.2) is 5.71 Å². The van der Waals surface area contributed by atoms with Crippen molar-refractivity contribution in [1.82, 2.24) is 9.55 Å². The molecule has 5 rings (SSSR count). The van der Waals surface area contributed by atoms with Gasteiger partial charge in [-0.05, 0) is 36.1 Å². The molecule has 0 bridgehead atoms. The average Bonchev–Trinajstić information content (AvgIpc) is 3.33. The minimum absolute atomic E-state index is 0.170. The molecular formula is C28H28N4O2. The number of para-hydroxylation sites is 3. The fourth-order valence-corrected chi connectivity index (χ4v) is 4.28. The summed E-state index contributed by atoms with van der Waals surface area (Å²) in [5, 5.41) is 4.26. The van der Waals surface area contributed by atoms with E-state index in [-0.39, 0.29) is 5.91 Å².